The van der Waals surface area contributed by atoms with Crippen LogP contribution in [0.5, 0.6) is 5.75 Å². The number of rotatable bonds is 4. The van der Waals surface area contributed by atoms with Gasteiger partial charge in [0.2, 0.25) is 0 Å². The molecule has 92 valence electrons. The number of ketones is 1. The van der Waals surface area contributed by atoms with Crippen molar-refractivity contribution in [2.45, 2.75) is 26.9 Å². The molecule has 0 aliphatic heterocycles. The Hall–Kier alpha value is -1.84. The molecule has 0 saturated heterocycles. The largest absolute Gasteiger partial charge is 0.490 e. The Kier molecular flexibility index (Phi) is 4.26. The second kappa shape index (κ2) is 5.48. The molecule has 0 aliphatic carbocycles. The minimum absolute atomic E-state index is 0.0541. The Morgan fingerprint density at radius 1 is 1.24 bits per heavy atom. The molecular formula is C13H16O4. The Balaban J connectivity index is 3.21. The molecule has 0 saturated carbocycles. The number of carbonyl (C=O) groups excluding carboxylic acids is 2. The number of ether oxygens (including phenoxy) is 2. The number of esters is 1. The van der Waals surface area contributed by atoms with Gasteiger partial charge >= 0.3 is 5.97 Å². The van der Waals surface area contributed by atoms with E-state index < -0.39 is 5.97 Å². The van der Waals surface area contributed by atoms with Gasteiger partial charge in [0.1, 0.15) is 11.3 Å². The monoisotopic (exact) mass is 236 g/mol. The molecule has 1 aromatic rings. The summed E-state index contributed by atoms with van der Waals surface area (Å²) >= 11 is 0. The first-order valence-electron chi connectivity index (χ1n) is 5.35. The van der Waals surface area contributed by atoms with E-state index in [0.29, 0.717) is 11.3 Å². The molecule has 0 atom stereocenters. The molecule has 4 nitrogen and oxygen atoms in total. The minimum atomic E-state index is -0.510. The molecule has 0 amide bonds. The highest BCUT2D eigenvalue weighted by Gasteiger charge is 2.16. The lowest BCUT2D eigenvalue weighted by molar-refractivity contribution is 0.0594. The molecule has 17 heavy (non-hydrogen) atoms. The Morgan fingerprint density at radius 3 is 2.35 bits per heavy atom. The maximum Gasteiger partial charge on any atom is 0.341 e. The maximum absolute atomic E-state index is 11.6. The van der Waals surface area contributed by atoms with Crippen LogP contribution in [0.4, 0.5) is 0 Å². The van der Waals surface area contributed by atoms with E-state index in [2.05, 4.69) is 4.74 Å². The topological polar surface area (TPSA) is 52.6 Å². The van der Waals surface area contributed by atoms with Gasteiger partial charge in [-0.1, -0.05) is 0 Å². The van der Waals surface area contributed by atoms with E-state index in [1.807, 2.05) is 13.8 Å². The van der Waals surface area contributed by atoms with Crippen LogP contribution < -0.4 is 4.74 Å². The van der Waals surface area contributed by atoms with Gasteiger partial charge in [-0.05, 0) is 39.0 Å². The minimum Gasteiger partial charge on any atom is -0.490 e. The zero-order valence-electron chi connectivity index (χ0n) is 10.4. The van der Waals surface area contributed by atoms with Gasteiger partial charge < -0.3 is 9.47 Å². The first-order valence-corrected chi connectivity index (χ1v) is 5.35. The highest BCUT2D eigenvalue weighted by Crippen LogP contribution is 2.22. The third-order valence-corrected chi connectivity index (χ3v) is 2.15. The standard InChI is InChI=1S/C13H16O4/c1-8(2)17-12-6-5-10(9(3)14)7-11(12)13(15)16-4/h5-8H,1-4H3. The summed E-state index contributed by atoms with van der Waals surface area (Å²) in [6.07, 6.45) is -0.0541. The van der Waals surface area contributed by atoms with Crippen molar-refractivity contribution in [2.24, 2.45) is 0 Å². The zero-order valence-corrected chi connectivity index (χ0v) is 10.4. The summed E-state index contributed by atoms with van der Waals surface area (Å²) in [4.78, 5) is 22.8. The number of methoxy groups -OCH3 is 1. The van der Waals surface area contributed by atoms with Crippen LogP contribution in [0.25, 0.3) is 0 Å². The van der Waals surface area contributed by atoms with Gasteiger partial charge in [-0.2, -0.15) is 0 Å². The third kappa shape index (κ3) is 3.31. The number of Topliss-reactive ketones (excluding diaryl/α,β-unsaturated/α-hetero) is 1. The lowest BCUT2D eigenvalue weighted by atomic mass is 10.1. The molecule has 0 spiro atoms. The second-order valence-electron chi connectivity index (χ2n) is 3.93. The second-order valence-corrected chi connectivity index (χ2v) is 3.93. The number of hydrogen-bond acceptors (Lipinski definition) is 4. The molecule has 0 radical (unpaired) electrons. The van der Waals surface area contributed by atoms with Gasteiger partial charge in [-0.15, -0.1) is 0 Å². The molecule has 0 fully saturated rings. The molecule has 0 unspecified atom stereocenters. The Labute approximate surface area is 101 Å². The summed E-state index contributed by atoms with van der Waals surface area (Å²) in [5, 5.41) is 0. The molecule has 0 N–H and O–H groups in total. The number of hydrogen-bond donors (Lipinski definition) is 0. The van der Waals surface area contributed by atoms with Gasteiger partial charge in [0.15, 0.2) is 5.78 Å². The van der Waals surface area contributed by atoms with E-state index in [1.165, 1.54) is 20.1 Å². The first-order chi connectivity index (χ1) is 7.95. The van der Waals surface area contributed by atoms with Gasteiger partial charge in [0.25, 0.3) is 0 Å². The molecular weight excluding hydrogens is 220 g/mol. The van der Waals surface area contributed by atoms with Gasteiger partial charge in [-0.25, -0.2) is 4.79 Å². The zero-order chi connectivity index (χ0) is 13.0. The van der Waals surface area contributed by atoms with Crippen molar-refractivity contribution in [3.63, 3.8) is 0 Å². The van der Waals surface area contributed by atoms with Gasteiger partial charge in [0.05, 0.1) is 13.2 Å². The summed E-state index contributed by atoms with van der Waals surface area (Å²) in [6, 6.07) is 4.74. The maximum atomic E-state index is 11.6. The van der Waals surface area contributed by atoms with Crippen molar-refractivity contribution in [3.05, 3.63) is 29.3 Å². The molecule has 0 aliphatic rings. The summed E-state index contributed by atoms with van der Waals surface area (Å²) in [7, 11) is 1.29. The lowest BCUT2D eigenvalue weighted by Gasteiger charge is -2.13. The molecule has 1 aromatic carbocycles. The van der Waals surface area contributed by atoms with Gasteiger partial charge in [-0.3, -0.25) is 4.79 Å². The SMILES string of the molecule is COC(=O)c1cc(C(C)=O)ccc1OC(C)C. The van der Waals surface area contributed by atoms with Crippen LogP contribution in [0.2, 0.25) is 0 Å². The summed E-state index contributed by atoms with van der Waals surface area (Å²) in [5.74, 6) is -0.188. The fourth-order valence-electron chi connectivity index (χ4n) is 1.38. The summed E-state index contributed by atoms with van der Waals surface area (Å²) in [6.45, 7) is 5.17. The van der Waals surface area contributed by atoms with Crippen molar-refractivity contribution < 1.29 is 19.1 Å². The van der Waals surface area contributed by atoms with Crippen molar-refractivity contribution >= 4 is 11.8 Å². The lowest BCUT2D eigenvalue weighted by Crippen LogP contribution is -2.12. The highest BCUT2D eigenvalue weighted by molar-refractivity contribution is 5.99. The fourth-order valence-corrected chi connectivity index (χ4v) is 1.38. The van der Waals surface area contributed by atoms with E-state index in [1.54, 1.807) is 12.1 Å². The molecule has 0 aromatic heterocycles. The summed E-state index contributed by atoms with van der Waals surface area (Å²) < 4.78 is 10.2. The first kappa shape index (κ1) is 13.2. The molecule has 4 heteroatoms. The van der Waals surface area contributed by atoms with E-state index in [9.17, 15) is 9.59 Å². The molecule has 0 heterocycles. The van der Waals surface area contributed by atoms with Gasteiger partial charge in [0, 0.05) is 5.56 Å². The third-order valence-electron chi connectivity index (χ3n) is 2.15. The fraction of sp³-hybridized carbons (Fsp3) is 0.385. The highest BCUT2D eigenvalue weighted by atomic mass is 16.5. The Morgan fingerprint density at radius 2 is 1.88 bits per heavy atom. The summed E-state index contributed by atoms with van der Waals surface area (Å²) in [5.41, 5.74) is 0.732. The van der Waals surface area contributed by atoms with E-state index in [-0.39, 0.29) is 17.5 Å². The van der Waals surface area contributed by atoms with Crippen LogP contribution in [0.3, 0.4) is 0 Å². The smallest absolute Gasteiger partial charge is 0.341 e. The predicted molar refractivity (Wildman–Crippen MR) is 63.6 cm³/mol. The van der Waals surface area contributed by atoms with Crippen molar-refractivity contribution in [1.29, 1.82) is 0 Å². The number of carbonyl (C=O) groups is 2. The van der Waals surface area contributed by atoms with Crippen molar-refractivity contribution in [2.75, 3.05) is 7.11 Å². The quantitative estimate of drug-likeness (QED) is 0.595. The average Bonchev–Trinajstić information content (AvgIpc) is 2.27. The van der Waals surface area contributed by atoms with Crippen LogP contribution in [0, 0.1) is 0 Å². The normalized spacial score (nSPS) is 10.2. The van der Waals surface area contributed by atoms with E-state index in [4.69, 9.17) is 4.74 Å². The van der Waals surface area contributed by atoms with Crippen LogP contribution in [-0.4, -0.2) is 25.0 Å². The Bertz CT molecular complexity index is 435. The van der Waals surface area contributed by atoms with Crippen LogP contribution >= 0.6 is 0 Å². The van der Waals surface area contributed by atoms with E-state index >= 15 is 0 Å². The predicted octanol–water partition coefficient (Wildman–Crippen LogP) is 2.46. The van der Waals surface area contributed by atoms with Crippen molar-refractivity contribution in [3.8, 4) is 5.75 Å². The van der Waals surface area contributed by atoms with Crippen LogP contribution in [-0.2, 0) is 4.74 Å². The van der Waals surface area contributed by atoms with Crippen LogP contribution in [0.15, 0.2) is 18.2 Å². The van der Waals surface area contributed by atoms with Crippen LogP contribution in [0.1, 0.15) is 41.5 Å². The van der Waals surface area contributed by atoms with Crippen molar-refractivity contribution in [1.82, 2.24) is 0 Å². The average molecular weight is 236 g/mol. The number of benzene rings is 1. The molecule has 0 bridgehead atoms. The van der Waals surface area contributed by atoms with E-state index in [0.717, 1.165) is 0 Å². The molecule has 1 rings (SSSR count).